The molecule has 0 saturated carbocycles. The minimum atomic E-state index is -1.76. The molecule has 216 valence electrons. The maximum atomic E-state index is 12.5. The van der Waals surface area contributed by atoms with Crippen LogP contribution in [0.3, 0.4) is 0 Å². The van der Waals surface area contributed by atoms with Crippen LogP contribution in [-0.2, 0) is 27.4 Å². The van der Waals surface area contributed by atoms with Crippen molar-refractivity contribution in [2.24, 2.45) is 0 Å². The molecule has 1 saturated heterocycles. The summed E-state index contributed by atoms with van der Waals surface area (Å²) in [5.41, 5.74) is -1.19. The zero-order valence-corrected chi connectivity index (χ0v) is 23.7. The topological polar surface area (TPSA) is 123 Å². The summed E-state index contributed by atoms with van der Waals surface area (Å²) in [6, 6.07) is 20.2. The SMILES string of the molecule is C.CC.O=c1ccn(C2OC(COCc3ccccc3)[C@@H](OCc3ccccc3)[C@]2(O)CCO)c(=O)[nH]1.PS. The van der Waals surface area contributed by atoms with E-state index in [1.807, 2.05) is 74.5 Å². The van der Waals surface area contributed by atoms with Crippen LogP contribution in [0.1, 0.15) is 45.0 Å². The Morgan fingerprint density at radius 1 is 1.00 bits per heavy atom. The quantitative estimate of drug-likeness (QED) is 0.213. The van der Waals surface area contributed by atoms with Gasteiger partial charge in [0.2, 0.25) is 0 Å². The van der Waals surface area contributed by atoms with Crippen molar-refractivity contribution in [3.8, 4) is 0 Å². The van der Waals surface area contributed by atoms with Crippen molar-refractivity contribution in [1.29, 1.82) is 0 Å². The number of aliphatic hydroxyl groups is 2. The molecule has 3 N–H and O–H groups in total. The van der Waals surface area contributed by atoms with Gasteiger partial charge in [-0.2, -0.15) is 12.2 Å². The number of aromatic nitrogens is 2. The molecule has 4 rings (SSSR count). The third-order valence-corrected chi connectivity index (χ3v) is 5.84. The molecule has 1 aliphatic heterocycles. The highest BCUT2D eigenvalue weighted by atomic mass is 32.7. The predicted molar refractivity (Wildman–Crippen MR) is 160 cm³/mol. The summed E-state index contributed by atoms with van der Waals surface area (Å²) >= 11 is 3.44. The highest BCUT2D eigenvalue weighted by Gasteiger charge is 2.57. The van der Waals surface area contributed by atoms with Crippen LogP contribution in [0.15, 0.2) is 82.5 Å². The Kier molecular flexibility index (Phi) is 16.1. The second-order valence-corrected chi connectivity index (χ2v) is 8.23. The molecule has 1 aromatic heterocycles. The molecule has 0 radical (unpaired) electrons. The Bertz CT molecular complexity index is 1180. The van der Waals surface area contributed by atoms with E-state index in [1.165, 1.54) is 12.3 Å². The number of nitrogens with zero attached hydrogens (tertiary/aromatic N) is 1. The average molecular weight is 581 g/mol. The van der Waals surface area contributed by atoms with E-state index >= 15 is 0 Å². The summed E-state index contributed by atoms with van der Waals surface area (Å²) in [6.07, 6.45) is -1.71. The fraction of sp³-hybridized carbons (Fsp3) is 0.429. The summed E-state index contributed by atoms with van der Waals surface area (Å²) in [6.45, 7) is 4.23. The van der Waals surface area contributed by atoms with Crippen LogP contribution in [0.4, 0.5) is 0 Å². The zero-order chi connectivity index (χ0) is 28.0. The van der Waals surface area contributed by atoms with E-state index in [2.05, 4.69) is 25.7 Å². The van der Waals surface area contributed by atoms with Crippen LogP contribution in [0.5, 0.6) is 0 Å². The second-order valence-electron chi connectivity index (χ2n) is 8.23. The number of rotatable bonds is 10. The number of H-pyrrole nitrogens is 1. The second kappa shape index (κ2) is 18.1. The van der Waals surface area contributed by atoms with Crippen molar-refractivity contribution in [3.05, 3.63) is 105 Å². The molecule has 3 unspecified atom stereocenters. The normalized spacial score (nSPS) is 21.5. The molecule has 1 fully saturated rings. The fourth-order valence-corrected chi connectivity index (χ4v) is 4.19. The lowest BCUT2D eigenvalue weighted by molar-refractivity contribution is -0.137. The van der Waals surface area contributed by atoms with Crippen molar-refractivity contribution in [3.63, 3.8) is 0 Å². The van der Waals surface area contributed by atoms with Crippen LogP contribution in [0.2, 0.25) is 0 Å². The van der Waals surface area contributed by atoms with Crippen molar-refractivity contribution < 1.29 is 24.4 Å². The smallest absolute Gasteiger partial charge is 0.330 e. The van der Waals surface area contributed by atoms with E-state index in [4.69, 9.17) is 14.2 Å². The van der Waals surface area contributed by atoms with Gasteiger partial charge in [-0.1, -0.05) is 90.4 Å². The van der Waals surface area contributed by atoms with Gasteiger partial charge in [-0.25, -0.2) is 4.79 Å². The first kappa shape index (κ1) is 34.7. The van der Waals surface area contributed by atoms with Gasteiger partial charge in [0, 0.05) is 25.3 Å². The lowest BCUT2D eigenvalue weighted by atomic mass is 9.90. The van der Waals surface area contributed by atoms with Crippen molar-refractivity contribution in [2.45, 2.75) is 64.9 Å². The van der Waals surface area contributed by atoms with Crippen molar-refractivity contribution in [1.82, 2.24) is 9.55 Å². The molecule has 5 atom stereocenters. The lowest BCUT2D eigenvalue weighted by Gasteiger charge is -2.33. The minimum absolute atomic E-state index is 0. The number of aromatic amines is 1. The van der Waals surface area contributed by atoms with Crippen LogP contribution in [-0.4, -0.2) is 50.8 Å². The summed E-state index contributed by atoms with van der Waals surface area (Å²) < 4.78 is 19.2. The Labute approximate surface area is 237 Å². The molecule has 3 aromatic rings. The van der Waals surface area contributed by atoms with E-state index in [9.17, 15) is 19.8 Å². The van der Waals surface area contributed by atoms with Crippen LogP contribution in [0, 0.1) is 0 Å². The van der Waals surface area contributed by atoms with E-state index in [-0.39, 0.29) is 33.7 Å². The summed E-state index contributed by atoms with van der Waals surface area (Å²) in [4.78, 5) is 26.2. The lowest BCUT2D eigenvalue weighted by Crippen LogP contribution is -2.51. The molecule has 0 amide bonds. The van der Waals surface area contributed by atoms with Gasteiger partial charge in [0.05, 0.1) is 19.8 Å². The molecule has 9 nitrogen and oxygen atoms in total. The Hall–Kier alpha value is -2.30. The predicted octanol–water partition coefficient (Wildman–Crippen LogP) is 3.72. The van der Waals surface area contributed by atoms with E-state index in [0.717, 1.165) is 15.7 Å². The molecule has 2 aromatic carbocycles. The summed E-state index contributed by atoms with van der Waals surface area (Å²) in [7, 11) is 2.11. The van der Waals surface area contributed by atoms with Gasteiger partial charge in [-0.15, -0.1) is 0 Å². The van der Waals surface area contributed by atoms with Gasteiger partial charge in [-0.3, -0.25) is 14.3 Å². The zero-order valence-electron chi connectivity index (χ0n) is 21.6. The number of hydrogen-bond acceptors (Lipinski definition) is 8. The van der Waals surface area contributed by atoms with Gasteiger partial charge in [0.25, 0.3) is 5.56 Å². The Morgan fingerprint density at radius 2 is 1.56 bits per heavy atom. The summed E-state index contributed by atoms with van der Waals surface area (Å²) in [5.74, 6) is 0. The molecule has 1 aliphatic rings. The monoisotopic (exact) mass is 580 g/mol. The molecule has 11 heteroatoms. The number of aliphatic hydroxyl groups excluding tert-OH is 1. The molecular weight excluding hydrogens is 539 g/mol. The number of benzene rings is 2. The molecule has 0 bridgehead atoms. The molecule has 2 heterocycles. The van der Waals surface area contributed by atoms with Crippen LogP contribution >= 0.6 is 20.7 Å². The average Bonchev–Trinajstić information content (AvgIpc) is 3.21. The third-order valence-electron chi connectivity index (χ3n) is 5.84. The maximum absolute atomic E-state index is 12.5. The van der Waals surface area contributed by atoms with Gasteiger partial charge in [-0.05, 0) is 11.1 Å². The van der Waals surface area contributed by atoms with Crippen LogP contribution < -0.4 is 11.2 Å². The molecule has 0 spiro atoms. The van der Waals surface area contributed by atoms with Gasteiger partial charge in [0.15, 0.2) is 6.23 Å². The van der Waals surface area contributed by atoms with Gasteiger partial charge < -0.3 is 24.4 Å². The number of ether oxygens (including phenoxy) is 3. The first-order valence-electron chi connectivity index (χ1n) is 12.3. The Balaban J connectivity index is 0.00000145. The Morgan fingerprint density at radius 3 is 2.10 bits per heavy atom. The van der Waals surface area contributed by atoms with Crippen LogP contribution in [0.25, 0.3) is 0 Å². The highest BCUT2D eigenvalue weighted by Crippen LogP contribution is 2.42. The van der Waals surface area contributed by atoms with Crippen molar-refractivity contribution in [2.75, 3.05) is 13.2 Å². The number of nitrogens with one attached hydrogen (secondary N) is 1. The summed E-state index contributed by atoms with van der Waals surface area (Å²) in [5, 5.41) is 21.4. The molecule has 39 heavy (non-hydrogen) atoms. The van der Waals surface area contributed by atoms with E-state index in [0.29, 0.717) is 6.61 Å². The number of hydrogen-bond donors (Lipinski definition) is 4. The standard InChI is InChI=1S/C25H28N2O7.C2H6.CH4.H3PS/c28-14-12-25(31)22(33-16-19-9-5-2-6-10-19)20(17-32-15-18-7-3-1-4-8-18)34-23(25)27-13-11-21(29)26-24(27)30;1-2;;1-2/h1-11,13,20,22-23,28,31H,12,14-17H2,(H,26,29,30);1-2H3;1H4;2H,1H2/t20?,22-,23?,25-;;;/m1.../s1. The molecule has 0 aliphatic carbocycles. The third kappa shape index (κ3) is 9.39. The van der Waals surface area contributed by atoms with Gasteiger partial charge >= 0.3 is 5.69 Å². The van der Waals surface area contributed by atoms with E-state index < -0.39 is 35.3 Å². The maximum Gasteiger partial charge on any atom is 0.330 e. The molecular formula is C28H41N2O7PS. The fourth-order valence-electron chi connectivity index (χ4n) is 4.19. The van der Waals surface area contributed by atoms with E-state index in [1.54, 1.807) is 0 Å². The minimum Gasteiger partial charge on any atom is -0.396 e. The highest BCUT2D eigenvalue weighted by molar-refractivity contribution is 8.31. The first-order valence-corrected chi connectivity index (χ1v) is 14.4. The largest absolute Gasteiger partial charge is 0.396 e. The van der Waals surface area contributed by atoms with Gasteiger partial charge in [0.1, 0.15) is 17.8 Å². The first-order chi connectivity index (χ1) is 18.5. The van der Waals surface area contributed by atoms with Crippen molar-refractivity contribution >= 4 is 20.7 Å². The number of thiol groups is 1.